The molecule has 0 heterocycles. The van der Waals surface area contributed by atoms with Gasteiger partial charge in [0.05, 0.1) is 0 Å². The Hall–Kier alpha value is -1.14. The Morgan fingerprint density at radius 3 is 2.10 bits per heavy atom. The molecule has 118 valence electrons. The molecule has 0 fully saturated rings. The van der Waals surface area contributed by atoms with E-state index in [1.165, 1.54) is 0 Å². The molecule has 20 heavy (non-hydrogen) atoms. The topological polar surface area (TPSA) is 81.7 Å². The smallest absolute Gasteiger partial charge is 0.223 e. The number of hydrogen-bond donors (Lipinski definition) is 3. The Balaban J connectivity index is 4.19. The molecule has 0 rings (SSSR count). The summed E-state index contributed by atoms with van der Waals surface area (Å²) in [6.07, 6.45) is 1.86. The van der Waals surface area contributed by atoms with Crippen molar-refractivity contribution in [3.05, 3.63) is 0 Å². The molecule has 0 aromatic rings. The lowest BCUT2D eigenvalue weighted by Crippen LogP contribution is -2.36. The lowest BCUT2D eigenvalue weighted by atomic mass is 10.1. The van der Waals surface area contributed by atoms with Crippen LogP contribution >= 0.6 is 0 Å². The molecule has 6 heteroatoms. The van der Waals surface area contributed by atoms with Crippen molar-refractivity contribution in [3.8, 4) is 0 Å². The SMILES string of the molecule is CCNC(=O)CCN(CCC(=O)NCO)CC(C)CC. The highest BCUT2D eigenvalue weighted by atomic mass is 16.3. The third-order valence-corrected chi connectivity index (χ3v) is 3.23. The van der Waals surface area contributed by atoms with E-state index in [2.05, 4.69) is 29.4 Å². The standard InChI is InChI=1S/C14H29N3O3/c1-4-12(3)10-17(8-6-13(19)15-5-2)9-7-14(20)16-11-18/h12,18H,4-11H2,1-3H3,(H,15,19)(H,16,20). The van der Waals surface area contributed by atoms with Crippen molar-refractivity contribution in [1.29, 1.82) is 0 Å². The van der Waals surface area contributed by atoms with E-state index in [4.69, 9.17) is 5.11 Å². The first-order chi connectivity index (χ1) is 9.53. The maximum atomic E-state index is 11.5. The number of carbonyl (C=O) groups is 2. The maximum Gasteiger partial charge on any atom is 0.223 e. The van der Waals surface area contributed by atoms with Crippen molar-refractivity contribution in [2.75, 3.05) is 32.9 Å². The van der Waals surface area contributed by atoms with Crippen molar-refractivity contribution in [2.24, 2.45) is 5.92 Å². The Labute approximate surface area is 121 Å². The van der Waals surface area contributed by atoms with Gasteiger partial charge in [-0.25, -0.2) is 0 Å². The number of aliphatic hydroxyl groups is 1. The van der Waals surface area contributed by atoms with E-state index >= 15 is 0 Å². The van der Waals surface area contributed by atoms with Gasteiger partial charge in [0.25, 0.3) is 0 Å². The fraction of sp³-hybridized carbons (Fsp3) is 0.857. The van der Waals surface area contributed by atoms with Crippen LogP contribution in [0.25, 0.3) is 0 Å². The number of rotatable bonds is 11. The molecule has 3 N–H and O–H groups in total. The van der Waals surface area contributed by atoms with Gasteiger partial charge in [-0.1, -0.05) is 20.3 Å². The van der Waals surface area contributed by atoms with Crippen LogP contribution in [-0.4, -0.2) is 54.7 Å². The lowest BCUT2D eigenvalue weighted by molar-refractivity contribution is -0.122. The number of hydrogen-bond acceptors (Lipinski definition) is 4. The average Bonchev–Trinajstić information content (AvgIpc) is 2.42. The molecule has 6 nitrogen and oxygen atoms in total. The molecular formula is C14H29N3O3. The molecule has 0 radical (unpaired) electrons. The summed E-state index contributed by atoms with van der Waals surface area (Å²) in [5.41, 5.74) is 0. The van der Waals surface area contributed by atoms with Gasteiger partial charge < -0.3 is 20.6 Å². The first-order valence-electron chi connectivity index (χ1n) is 7.40. The maximum absolute atomic E-state index is 11.5. The Morgan fingerprint density at radius 2 is 1.65 bits per heavy atom. The van der Waals surface area contributed by atoms with Crippen molar-refractivity contribution >= 4 is 11.8 Å². The van der Waals surface area contributed by atoms with Crippen LogP contribution in [0.2, 0.25) is 0 Å². The number of nitrogens with one attached hydrogen (secondary N) is 2. The third kappa shape index (κ3) is 9.75. The van der Waals surface area contributed by atoms with Gasteiger partial charge >= 0.3 is 0 Å². The van der Waals surface area contributed by atoms with E-state index < -0.39 is 0 Å². The molecule has 0 aliphatic rings. The van der Waals surface area contributed by atoms with Gasteiger partial charge in [-0.05, 0) is 12.8 Å². The molecular weight excluding hydrogens is 258 g/mol. The monoisotopic (exact) mass is 287 g/mol. The second-order valence-corrected chi connectivity index (χ2v) is 5.03. The highest BCUT2D eigenvalue weighted by Gasteiger charge is 2.12. The Morgan fingerprint density at radius 1 is 1.10 bits per heavy atom. The second-order valence-electron chi connectivity index (χ2n) is 5.03. The molecule has 1 unspecified atom stereocenters. The van der Waals surface area contributed by atoms with E-state index in [1.807, 2.05) is 6.92 Å². The minimum absolute atomic E-state index is 0.0430. The molecule has 2 amide bonds. The van der Waals surface area contributed by atoms with Crippen LogP contribution in [0.4, 0.5) is 0 Å². The molecule has 0 saturated heterocycles. The minimum Gasteiger partial charge on any atom is -0.377 e. The highest BCUT2D eigenvalue weighted by molar-refractivity contribution is 5.76. The summed E-state index contributed by atoms with van der Waals surface area (Å²) in [5.74, 6) is 0.409. The van der Waals surface area contributed by atoms with Gasteiger partial charge in [-0.15, -0.1) is 0 Å². The van der Waals surface area contributed by atoms with Crippen molar-refractivity contribution in [1.82, 2.24) is 15.5 Å². The zero-order chi connectivity index (χ0) is 15.4. The van der Waals surface area contributed by atoms with Crippen molar-refractivity contribution in [2.45, 2.75) is 40.0 Å². The van der Waals surface area contributed by atoms with Gasteiger partial charge in [0.1, 0.15) is 6.73 Å². The van der Waals surface area contributed by atoms with E-state index in [1.54, 1.807) is 0 Å². The summed E-state index contributed by atoms with van der Waals surface area (Å²) < 4.78 is 0. The number of aliphatic hydroxyl groups excluding tert-OH is 1. The van der Waals surface area contributed by atoms with E-state index in [9.17, 15) is 9.59 Å². The van der Waals surface area contributed by atoms with Gasteiger partial charge in [0, 0.05) is 39.0 Å². The van der Waals surface area contributed by atoms with Crippen LogP contribution in [0, 0.1) is 5.92 Å². The van der Waals surface area contributed by atoms with Crippen LogP contribution in [0.3, 0.4) is 0 Å². The molecule has 0 spiro atoms. The van der Waals surface area contributed by atoms with Crippen LogP contribution in [0.5, 0.6) is 0 Å². The third-order valence-electron chi connectivity index (χ3n) is 3.23. The van der Waals surface area contributed by atoms with Crippen molar-refractivity contribution < 1.29 is 14.7 Å². The van der Waals surface area contributed by atoms with Gasteiger partial charge in [0.15, 0.2) is 0 Å². The fourth-order valence-electron chi connectivity index (χ4n) is 1.85. The zero-order valence-electron chi connectivity index (χ0n) is 12.9. The highest BCUT2D eigenvalue weighted by Crippen LogP contribution is 2.06. The number of nitrogens with zero attached hydrogens (tertiary/aromatic N) is 1. The molecule has 1 atom stereocenters. The zero-order valence-corrected chi connectivity index (χ0v) is 12.9. The Bertz CT molecular complexity index is 263. The summed E-state index contributed by atoms with van der Waals surface area (Å²) in [7, 11) is 0. The predicted octanol–water partition coefficient (Wildman–Crippen LogP) is 0.317. The van der Waals surface area contributed by atoms with Gasteiger partial charge in [-0.3, -0.25) is 9.59 Å². The van der Waals surface area contributed by atoms with Crippen LogP contribution < -0.4 is 10.6 Å². The first-order valence-corrected chi connectivity index (χ1v) is 7.40. The second kappa shape index (κ2) is 11.7. The Kier molecular flexibility index (Phi) is 11.0. The van der Waals surface area contributed by atoms with Crippen LogP contribution in [0.15, 0.2) is 0 Å². The van der Waals surface area contributed by atoms with E-state index in [0.717, 1.165) is 13.0 Å². The number of carbonyl (C=O) groups excluding carboxylic acids is 2. The largest absolute Gasteiger partial charge is 0.377 e. The predicted molar refractivity (Wildman–Crippen MR) is 79.0 cm³/mol. The summed E-state index contributed by atoms with van der Waals surface area (Å²) in [6, 6.07) is 0. The van der Waals surface area contributed by atoms with E-state index in [-0.39, 0.29) is 18.5 Å². The molecule has 0 aliphatic heterocycles. The quantitative estimate of drug-likeness (QED) is 0.478. The lowest BCUT2D eigenvalue weighted by Gasteiger charge is -2.24. The molecule has 0 saturated carbocycles. The summed E-state index contributed by atoms with van der Waals surface area (Å²) in [4.78, 5) is 25.0. The van der Waals surface area contributed by atoms with Crippen LogP contribution in [0.1, 0.15) is 40.0 Å². The summed E-state index contributed by atoms with van der Waals surface area (Å²) >= 11 is 0. The molecule has 0 aliphatic carbocycles. The molecule has 0 aromatic carbocycles. The first kappa shape index (κ1) is 18.9. The van der Waals surface area contributed by atoms with Crippen LogP contribution in [-0.2, 0) is 9.59 Å². The molecule has 0 bridgehead atoms. The minimum atomic E-state index is -0.330. The van der Waals surface area contributed by atoms with E-state index in [0.29, 0.717) is 38.4 Å². The average molecular weight is 287 g/mol. The van der Waals surface area contributed by atoms with Gasteiger partial charge in [-0.2, -0.15) is 0 Å². The summed E-state index contributed by atoms with van der Waals surface area (Å²) in [5, 5.41) is 13.8. The number of amides is 2. The summed E-state index contributed by atoms with van der Waals surface area (Å²) in [6.45, 7) is 8.64. The fourth-order valence-corrected chi connectivity index (χ4v) is 1.85. The molecule has 0 aromatic heterocycles. The normalized spacial score (nSPS) is 12.2. The van der Waals surface area contributed by atoms with Crippen molar-refractivity contribution in [3.63, 3.8) is 0 Å². The van der Waals surface area contributed by atoms with Gasteiger partial charge in [0.2, 0.25) is 11.8 Å².